The Hall–Kier alpha value is -2.77. The van der Waals surface area contributed by atoms with E-state index in [0.717, 1.165) is 5.56 Å². The molecule has 0 aliphatic heterocycles. The highest BCUT2D eigenvalue weighted by atomic mass is 16.3. The number of benzene rings is 1. The lowest BCUT2D eigenvalue weighted by Crippen LogP contribution is -2.17. The van der Waals surface area contributed by atoms with Gasteiger partial charge in [0.25, 0.3) is 11.7 Å². The summed E-state index contributed by atoms with van der Waals surface area (Å²) in [4.78, 5) is 23.7. The fourth-order valence-corrected chi connectivity index (χ4v) is 1.87. The third-order valence-electron chi connectivity index (χ3n) is 3.15. The quantitative estimate of drug-likeness (QED) is 0.585. The summed E-state index contributed by atoms with van der Waals surface area (Å²) in [5.41, 5.74) is 0.825. The molecule has 1 aromatic heterocycles. The zero-order valence-corrected chi connectivity index (χ0v) is 12.8. The summed E-state index contributed by atoms with van der Waals surface area (Å²) in [5, 5.41) is 25.3. The van der Waals surface area contributed by atoms with Crippen molar-refractivity contribution < 1.29 is 14.7 Å². The predicted octanol–water partition coefficient (Wildman–Crippen LogP) is 1.66. The van der Waals surface area contributed by atoms with Crippen LogP contribution >= 0.6 is 0 Å². The number of carbonyl (C=O) groups is 2. The number of aromatic hydroxyl groups is 1. The van der Waals surface area contributed by atoms with Crippen LogP contribution in [0.25, 0.3) is 0 Å². The highest BCUT2D eigenvalue weighted by Gasteiger charge is 2.22. The molecule has 1 heterocycles. The molecule has 8 heteroatoms. The summed E-state index contributed by atoms with van der Waals surface area (Å²) in [7, 11) is 0. The van der Waals surface area contributed by atoms with Gasteiger partial charge < -0.3 is 10.4 Å². The first-order valence-electron chi connectivity index (χ1n) is 6.63. The van der Waals surface area contributed by atoms with Gasteiger partial charge in [0.2, 0.25) is 0 Å². The highest BCUT2D eigenvalue weighted by molar-refractivity contribution is 6.05. The van der Waals surface area contributed by atoms with Gasteiger partial charge in [0.1, 0.15) is 5.75 Å². The second-order valence-electron chi connectivity index (χ2n) is 5.92. The molecule has 0 unspecified atom stereocenters. The number of H-pyrrole nitrogens is 1. The van der Waals surface area contributed by atoms with Gasteiger partial charge in [-0.05, 0) is 35.2 Å². The van der Waals surface area contributed by atoms with Gasteiger partial charge in [0, 0.05) is 0 Å². The molecule has 0 saturated heterocycles. The van der Waals surface area contributed by atoms with Crippen molar-refractivity contribution in [3.63, 3.8) is 0 Å². The molecular formula is C14H17N5O3. The number of hydrogen-bond acceptors (Lipinski definition) is 6. The predicted molar refractivity (Wildman–Crippen MR) is 78.9 cm³/mol. The number of phenols is 1. The molecule has 2 rings (SSSR count). The number of carbonyl (C=O) groups excluding carboxylic acids is 2. The number of aromatic amines is 1. The van der Waals surface area contributed by atoms with Crippen LogP contribution in [-0.2, 0) is 5.41 Å². The van der Waals surface area contributed by atoms with E-state index >= 15 is 0 Å². The molecule has 22 heavy (non-hydrogen) atoms. The molecule has 2 aromatic rings. The number of phenolic OH excluding ortho intramolecular Hbond substituents is 1. The first-order chi connectivity index (χ1) is 10.2. The fourth-order valence-electron chi connectivity index (χ4n) is 1.87. The molecule has 0 bridgehead atoms. The monoisotopic (exact) mass is 303 g/mol. The number of anilines is 1. The van der Waals surface area contributed by atoms with Gasteiger partial charge in [-0.3, -0.25) is 9.59 Å². The van der Waals surface area contributed by atoms with Crippen molar-refractivity contribution in [3.05, 3.63) is 29.1 Å². The smallest absolute Gasteiger partial charge is 0.297 e. The van der Waals surface area contributed by atoms with Crippen molar-refractivity contribution in [2.24, 2.45) is 0 Å². The number of hydrogen-bond donors (Lipinski definition) is 3. The molecular weight excluding hydrogens is 286 g/mol. The second-order valence-corrected chi connectivity index (χ2v) is 5.92. The van der Waals surface area contributed by atoms with Gasteiger partial charge in [-0.2, -0.15) is 5.21 Å². The Labute approximate surface area is 126 Å². The average Bonchev–Trinajstić information content (AvgIpc) is 2.93. The molecule has 0 fully saturated rings. The molecule has 1 amide bonds. The maximum Gasteiger partial charge on any atom is 0.297 e. The van der Waals surface area contributed by atoms with Crippen LogP contribution in [-0.4, -0.2) is 37.4 Å². The molecule has 0 saturated carbocycles. The van der Waals surface area contributed by atoms with E-state index in [1.165, 1.54) is 6.92 Å². The van der Waals surface area contributed by atoms with Crippen molar-refractivity contribution in [1.29, 1.82) is 0 Å². The van der Waals surface area contributed by atoms with E-state index < -0.39 is 5.91 Å². The second kappa shape index (κ2) is 5.55. The van der Waals surface area contributed by atoms with Crippen LogP contribution in [0, 0.1) is 0 Å². The van der Waals surface area contributed by atoms with Gasteiger partial charge >= 0.3 is 0 Å². The molecule has 0 aliphatic rings. The van der Waals surface area contributed by atoms with E-state index in [1.807, 2.05) is 20.8 Å². The SMILES string of the molecule is CC(=O)c1cc(C(C)(C)C)cc(NC(=O)c2nn[nH]n2)c1O. The lowest BCUT2D eigenvalue weighted by molar-refractivity contribution is 0.1000. The van der Waals surface area contributed by atoms with Crippen molar-refractivity contribution >= 4 is 17.4 Å². The van der Waals surface area contributed by atoms with Gasteiger partial charge in [-0.1, -0.05) is 20.8 Å². The molecule has 0 spiro atoms. The number of rotatable bonds is 3. The number of amides is 1. The standard InChI is InChI=1S/C14H17N5O3/c1-7(20)9-5-8(14(2,3)4)6-10(11(9)21)15-13(22)12-16-18-19-17-12/h5-6,21H,1-4H3,(H,15,22)(H,16,17,18,19). The van der Waals surface area contributed by atoms with Crippen molar-refractivity contribution in [2.45, 2.75) is 33.1 Å². The third kappa shape index (κ3) is 3.11. The molecule has 116 valence electrons. The van der Waals surface area contributed by atoms with Crippen molar-refractivity contribution in [2.75, 3.05) is 5.32 Å². The largest absolute Gasteiger partial charge is 0.505 e. The Bertz CT molecular complexity index is 717. The maximum atomic E-state index is 12.0. The number of ketones is 1. The number of tetrazole rings is 1. The molecule has 0 radical (unpaired) electrons. The zero-order valence-electron chi connectivity index (χ0n) is 12.8. The minimum absolute atomic E-state index is 0.132. The fraction of sp³-hybridized carbons (Fsp3) is 0.357. The first kappa shape index (κ1) is 15.6. The van der Waals surface area contributed by atoms with E-state index in [0.29, 0.717) is 0 Å². The van der Waals surface area contributed by atoms with E-state index in [1.54, 1.807) is 12.1 Å². The Balaban J connectivity index is 2.48. The van der Waals surface area contributed by atoms with Gasteiger partial charge in [-0.25, -0.2) is 0 Å². The Morgan fingerprint density at radius 3 is 2.45 bits per heavy atom. The maximum absolute atomic E-state index is 12.0. The molecule has 0 atom stereocenters. The summed E-state index contributed by atoms with van der Waals surface area (Å²) in [6, 6.07) is 3.25. The topological polar surface area (TPSA) is 121 Å². The van der Waals surface area contributed by atoms with Crippen molar-refractivity contribution in [3.8, 4) is 5.75 Å². The van der Waals surface area contributed by atoms with Crippen LogP contribution in [0.5, 0.6) is 5.75 Å². The van der Waals surface area contributed by atoms with E-state index in [-0.39, 0.29) is 34.0 Å². The van der Waals surface area contributed by atoms with Gasteiger partial charge in [-0.15, -0.1) is 10.2 Å². The minimum atomic E-state index is -0.635. The minimum Gasteiger partial charge on any atom is -0.505 e. The van der Waals surface area contributed by atoms with Gasteiger partial charge in [0.15, 0.2) is 5.78 Å². The molecule has 1 aromatic carbocycles. The van der Waals surface area contributed by atoms with E-state index in [9.17, 15) is 14.7 Å². The Morgan fingerprint density at radius 1 is 1.27 bits per heavy atom. The van der Waals surface area contributed by atoms with Crippen LogP contribution in [0.4, 0.5) is 5.69 Å². The molecule has 0 aliphatic carbocycles. The molecule has 3 N–H and O–H groups in total. The summed E-state index contributed by atoms with van der Waals surface area (Å²) in [6.45, 7) is 7.25. The summed E-state index contributed by atoms with van der Waals surface area (Å²) in [6.07, 6.45) is 0. The van der Waals surface area contributed by atoms with E-state index in [2.05, 4.69) is 25.9 Å². The van der Waals surface area contributed by atoms with E-state index in [4.69, 9.17) is 0 Å². The number of nitrogens with zero attached hydrogens (tertiary/aromatic N) is 3. The lowest BCUT2D eigenvalue weighted by Gasteiger charge is -2.22. The van der Waals surface area contributed by atoms with Crippen LogP contribution in [0.3, 0.4) is 0 Å². The third-order valence-corrected chi connectivity index (χ3v) is 3.15. The van der Waals surface area contributed by atoms with Crippen molar-refractivity contribution in [1.82, 2.24) is 20.6 Å². The first-order valence-corrected chi connectivity index (χ1v) is 6.63. The average molecular weight is 303 g/mol. The molecule has 8 nitrogen and oxygen atoms in total. The highest BCUT2D eigenvalue weighted by Crippen LogP contribution is 2.34. The Morgan fingerprint density at radius 2 is 1.95 bits per heavy atom. The number of Topliss-reactive ketones (excluding diaryl/α,β-unsaturated/α-hetero) is 1. The Kier molecular flexibility index (Phi) is 3.94. The van der Waals surface area contributed by atoms with Crippen LogP contribution in [0.15, 0.2) is 12.1 Å². The summed E-state index contributed by atoms with van der Waals surface area (Å²) < 4.78 is 0. The van der Waals surface area contributed by atoms with Crippen LogP contribution in [0.2, 0.25) is 0 Å². The normalized spacial score (nSPS) is 11.3. The lowest BCUT2D eigenvalue weighted by atomic mass is 9.85. The van der Waals surface area contributed by atoms with Crippen LogP contribution in [0.1, 0.15) is 54.2 Å². The number of aromatic nitrogens is 4. The zero-order chi connectivity index (χ0) is 16.5. The number of nitrogens with one attached hydrogen (secondary N) is 2. The summed E-state index contributed by atoms with van der Waals surface area (Å²) >= 11 is 0. The summed E-state index contributed by atoms with van der Waals surface area (Å²) in [5.74, 6) is -1.37. The van der Waals surface area contributed by atoms with Gasteiger partial charge in [0.05, 0.1) is 11.3 Å². The van der Waals surface area contributed by atoms with Crippen LogP contribution < -0.4 is 5.32 Å².